The number of anilines is 1. The van der Waals surface area contributed by atoms with E-state index in [1.54, 1.807) is 30.3 Å². The third-order valence-electron chi connectivity index (χ3n) is 4.39. The zero-order chi connectivity index (χ0) is 18.4. The molecule has 0 aromatic heterocycles. The summed E-state index contributed by atoms with van der Waals surface area (Å²) in [5.41, 5.74) is 1.51. The van der Waals surface area contributed by atoms with Gasteiger partial charge in [0.15, 0.2) is 0 Å². The van der Waals surface area contributed by atoms with Crippen LogP contribution < -0.4 is 10.1 Å². The molecule has 1 aliphatic rings. The van der Waals surface area contributed by atoms with Crippen molar-refractivity contribution >= 4 is 17.5 Å². The van der Waals surface area contributed by atoms with Crippen LogP contribution in [-0.2, 0) is 0 Å². The first-order valence-corrected chi connectivity index (χ1v) is 9.12. The molecule has 2 aromatic carbocycles. The monoisotopic (exact) mass is 352 g/mol. The molecule has 0 spiro atoms. The molecule has 0 saturated carbocycles. The Hall–Kier alpha value is -2.82. The molecule has 2 amide bonds. The van der Waals surface area contributed by atoms with Gasteiger partial charge in [-0.25, -0.2) is 0 Å². The fraction of sp³-hybridized carbons (Fsp3) is 0.333. The molecule has 0 radical (unpaired) electrons. The van der Waals surface area contributed by atoms with Gasteiger partial charge >= 0.3 is 0 Å². The van der Waals surface area contributed by atoms with Gasteiger partial charge < -0.3 is 15.0 Å². The summed E-state index contributed by atoms with van der Waals surface area (Å²) in [7, 11) is 0. The van der Waals surface area contributed by atoms with E-state index in [0.717, 1.165) is 32.4 Å². The third-order valence-corrected chi connectivity index (χ3v) is 4.39. The van der Waals surface area contributed by atoms with Crippen molar-refractivity contribution in [3.05, 3.63) is 59.7 Å². The highest BCUT2D eigenvalue weighted by Gasteiger charge is 2.23. The molecule has 0 atom stereocenters. The molecule has 5 nitrogen and oxygen atoms in total. The van der Waals surface area contributed by atoms with Crippen LogP contribution in [0.1, 0.15) is 46.9 Å². The van der Waals surface area contributed by atoms with E-state index in [9.17, 15) is 9.59 Å². The molecule has 3 rings (SSSR count). The molecule has 1 N–H and O–H groups in total. The molecule has 1 heterocycles. The predicted molar refractivity (Wildman–Crippen MR) is 102 cm³/mol. The second-order valence-electron chi connectivity index (χ2n) is 6.34. The van der Waals surface area contributed by atoms with Crippen LogP contribution in [0.15, 0.2) is 48.5 Å². The molecule has 0 unspecified atom stereocenters. The minimum absolute atomic E-state index is 0.0334. The van der Waals surface area contributed by atoms with Gasteiger partial charge in [0, 0.05) is 13.1 Å². The molecule has 2 aromatic rings. The highest BCUT2D eigenvalue weighted by molar-refractivity contribution is 6.10. The summed E-state index contributed by atoms with van der Waals surface area (Å²) in [5, 5.41) is 2.88. The maximum atomic E-state index is 12.8. The maximum absolute atomic E-state index is 12.8. The van der Waals surface area contributed by atoms with Gasteiger partial charge in [0.1, 0.15) is 5.75 Å². The van der Waals surface area contributed by atoms with Gasteiger partial charge in [-0.2, -0.15) is 0 Å². The van der Waals surface area contributed by atoms with Crippen molar-refractivity contribution in [3.63, 3.8) is 0 Å². The van der Waals surface area contributed by atoms with E-state index >= 15 is 0 Å². The second kappa shape index (κ2) is 8.52. The number of rotatable bonds is 6. The summed E-state index contributed by atoms with van der Waals surface area (Å²) in [6, 6.07) is 14.3. The largest absolute Gasteiger partial charge is 0.493 e. The molecule has 0 bridgehead atoms. The zero-order valence-corrected chi connectivity index (χ0v) is 15.0. The van der Waals surface area contributed by atoms with Gasteiger partial charge in [-0.3, -0.25) is 9.59 Å². The Kier molecular flexibility index (Phi) is 5.89. The Labute approximate surface area is 154 Å². The van der Waals surface area contributed by atoms with Crippen LogP contribution >= 0.6 is 0 Å². The van der Waals surface area contributed by atoms with E-state index in [0.29, 0.717) is 29.2 Å². The van der Waals surface area contributed by atoms with Crippen molar-refractivity contribution in [1.82, 2.24) is 4.90 Å². The summed E-state index contributed by atoms with van der Waals surface area (Å²) < 4.78 is 5.67. The lowest BCUT2D eigenvalue weighted by atomic mass is 10.1. The summed E-state index contributed by atoms with van der Waals surface area (Å²) in [5.74, 6) is 0.238. The van der Waals surface area contributed by atoms with Gasteiger partial charge in [-0.1, -0.05) is 31.2 Å². The van der Waals surface area contributed by atoms with Crippen LogP contribution in [0.4, 0.5) is 5.69 Å². The van der Waals surface area contributed by atoms with E-state index in [1.165, 1.54) is 0 Å². The number of nitrogens with one attached hydrogen (secondary N) is 1. The Morgan fingerprint density at radius 2 is 1.65 bits per heavy atom. The number of para-hydroxylation sites is 2. The van der Waals surface area contributed by atoms with Crippen LogP contribution in [0.25, 0.3) is 0 Å². The van der Waals surface area contributed by atoms with Crippen LogP contribution in [-0.4, -0.2) is 36.4 Å². The van der Waals surface area contributed by atoms with Crippen LogP contribution in [0.3, 0.4) is 0 Å². The van der Waals surface area contributed by atoms with Gasteiger partial charge in [-0.15, -0.1) is 0 Å². The zero-order valence-electron chi connectivity index (χ0n) is 15.0. The SMILES string of the molecule is CCCOc1ccccc1C(=O)Nc1ccccc1C(=O)N1CCCC1. The normalized spacial score (nSPS) is 13.5. The van der Waals surface area contributed by atoms with Crippen LogP contribution in [0.2, 0.25) is 0 Å². The molecule has 1 aliphatic heterocycles. The second-order valence-corrected chi connectivity index (χ2v) is 6.34. The standard InChI is InChI=1S/C21H24N2O3/c1-2-15-26-19-12-6-4-10-17(19)20(24)22-18-11-5-3-9-16(18)21(25)23-13-7-8-14-23/h3-6,9-12H,2,7-8,13-15H2,1H3,(H,22,24). The Bertz CT molecular complexity index is 782. The minimum Gasteiger partial charge on any atom is -0.493 e. The van der Waals surface area contributed by atoms with Crippen molar-refractivity contribution in [3.8, 4) is 5.75 Å². The average Bonchev–Trinajstić information content (AvgIpc) is 3.21. The fourth-order valence-electron chi connectivity index (χ4n) is 3.05. The van der Waals surface area contributed by atoms with E-state index in [1.807, 2.05) is 30.0 Å². The van der Waals surface area contributed by atoms with Gasteiger partial charge in [0.05, 0.1) is 23.4 Å². The molecule has 136 valence electrons. The lowest BCUT2D eigenvalue weighted by Crippen LogP contribution is -2.28. The first kappa shape index (κ1) is 18.0. The lowest BCUT2D eigenvalue weighted by Gasteiger charge is -2.18. The van der Waals surface area contributed by atoms with Crippen molar-refractivity contribution in [2.24, 2.45) is 0 Å². The highest BCUT2D eigenvalue weighted by Crippen LogP contribution is 2.23. The Morgan fingerprint density at radius 1 is 1.00 bits per heavy atom. The number of benzene rings is 2. The van der Waals surface area contributed by atoms with Crippen molar-refractivity contribution in [1.29, 1.82) is 0 Å². The summed E-state index contributed by atoms with van der Waals surface area (Å²) >= 11 is 0. The lowest BCUT2D eigenvalue weighted by molar-refractivity contribution is 0.0794. The number of hydrogen-bond donors (Lipinski definition) is 1. The van der Waals surface area contributed by atoms with Crippen molar-refractivity contribution in [2.45, 2.75) is 26.2 Å². The van der Waals surface area contributed by atoms with Gasteiger partial charge in [0.25, 0.3) is 11.8 Å². The number of carbonyl (C=O) groups excluding carboxylic acids is 2. The molecule has 1 saturated heterocycles. The summed E-state index contributed by atoms with van der Waals surface area (Å²) in [4.78, 5) is 27.4. The topological polar surface area (TPSA) is 58.6 Å². The average molecular weight is 352 g/mol. The number of ether oxygens (including phenoxy) is 1. The van der Waals surface area contributed by atoms with Gasteiger partial charge in [0.2, 0.25) is 0 Å². The van der Waals surface area contributed by atoms with E-state index in [-0.39, 0.29) is 11.8 Å². The first-order chi connectivity index (χ1) is 12.7. The van der Waals surface area contributed by atoms with E-state index in [4.69, 9.17) is 4.74 Å². The number of hydrogen-bond acceptors (Lipinski definition) is 3. The maximum Gasteiger partial charge on any atom is 0.259 e. The fourth-order valence-corrected chi connectivity index (χ4v) is 3.05. The van der Waals surface area contributed by atoms with Crippen LogP contribution in [0, 0.1) is 0 Å². The molecule has 1 fully saturated rings. The number of carbonyl (C=O) groups is 2. The third kappa shape index (κ3) is 4.04. The summed E-state index contributed by atoms with van der Waals surface area (Å²) in [6.07, 6.45) is 2.92. The molecule has 26 heavy (non-hydrogen) atoms. The van der Waals surface area contributed by atoms with Crippen LogP contribution in [0.5, 0.6) is 5.75 Å². The van der Waals surface area contributed by atoms with E-state index in [2.05, 4.69) is 5.32 Å². The number of likely N-dealkylation sites (tertiary alicyclic amines) is 1. The minimum atomic E-state index is -0.279. The number of nitrogens with zero attached hydrogens (tertiary/aromatic N) is 1. The Balaban J connectivity index is 1.81. The van der Waals surface area contributed by atoms with Crippen molar-refractivity contribution in [2.75, 3.05) is 25.0 Å². The quantitative estimate of drug-likeness (QED) is 0.856. The Morgan fingerprint density at radius 3 is 2.38 bits per heavy atom. The molecule has 0 aliphatic carbocycles. The van der Waals surface area contributed by atoms with Crippen molar-refractivity contribution < 1.29 is 14.3 Å². The first-order valence-electron chi connectivity index (χ1n) is 9.12. The highest BCUT2D eigenvalue weighted by atomic mass is 16.5. The smallest absolute Gasteiger partial charge is 0.259 e. The van der Waals surface area contributed by atoms with E-state index < -0.39 is 0 Å². The molecular weight excluding hydrogens is 328 g/mol. The molecular formula is C21H24N2O3. The summed E-state index contributed by atoms with van der Waals surface area (Å²) in [6.45, 7) is 4.11. The number of amides is 2. The predicted octanol–water partition coefficient (Wildman–Crippen LogP) is 3.96. The molecule has 5 heteroatoms. The van der Waals surface area contributed by atoms with Gasteiger partial charge in [-0.05, 0) is 43.5 Å².